The third-order valence-corrected chi connectivity index (χ3v) is 5.26. The zero-order valence-electron chi connectivity index (χ0n) is 17.1. The van der Waals surface area contributed by atoms with E-state index in [0.717, 1.165) is 35.3 Å². The van der Waals surface area contributed by atoms with Crippen LogP contribution in [0, 0.1) is 6.92 Å². The number of aromatic hydroxyl groups is 1. The molecule has 1 aliphatic carbocycles. The van der Waals surface area contributed by atoms with Crippen LogP contribution in [0.5, 0.6) is 5.75 Å². The summed E-state index contributed by atoms with van der Waals surface area (Å²) in [6.07, 6.45) is 2.80. The van der Waals surface area contributed by atoms with Crippen LogP contribution < -0.4 is 10.6 Å². The summed E-state index contributed by atoms with van der Waals surface area (Å²) in [4.78, 5) is 29.7. The van der Waals surface area contributed by atoms with Crippen molar-refractivity contribution >= 4 is 22.8 Å². The topological polar surface area (TPSA) is 109 Å². The first-order chi connectivity index (χ1) is 14.4. The van der Waals surface area contributed by atoms with Crippen LogP contribution in [-0.4, -0.2) is 44.8 Å². The Kier molecular flexibility index (Phi) is 5.39. The summed E-state index contributed by atoms with van der Waals surface area (Å²) < 4.78 is 1.73. The number of aromatic nitrogens is 3. The van der Waals surface area contributed by atoms with Gasteiger partial charge in [0.25, 0.3) is 11.8 Å². The SMILES string of the molecule is Cc1nn(C)c2nc(C3CC3)cc(C(=O)NCCCNC(=O)c3cccc(O)c3)c12. The van der Waals surface area contributed by atoms with E-state index < -0.39 is 0 Å². The molecule has 0 spiro atoms. The van der Waals surface area contributed by atoms with Crippen LogP contribution in [-0.2, 0) is 7.05 Å². The maximum Gasteiger partial charge on any atom is 0.252 e. The maximum atomic E-state index is 12.9. The number of pyridine rings is 1. The van der Waals surface area contributed by atoms with Gasteiger partial charge in [-0.15, -0.1) is 0 Å². The average molecular weight is 407 g/mol. The first-order valence-electron chi connectivity index (χ1n) is 10.1. The molecule has 3 N–H and O–H groups in total. The van der Waals surface area contributed by atoms with Crippen molar-refractivity contribution in [3.63, 3.8) is 0 Å². The standard InChI is InChI=1S/C22H25N5O3/c1-13-19-17(12-18(14-7-8-14)25-20(19)27(2)26-13)22(30)24-10-4-9-23-21(29)15-5-3-6-16(28)11-15/h3,5-6,11-12,14,28H,4,7-10H2,1-2H3,(H,23,29)(H,24,30). The molecule has 2 heterocycles. The lowest BCUT2D eigenvalue weighted by molar-refractivity contribution is 0.0952. The van der Waals surface area contributed by atoms with Crippen molar-refractivity contribution in [3.05, 3.63) is 52.8 Å². The molecule has 0 radical (unpaired) electrons. The van der Waals surface area contributed by atoms with Gasteiger partial charge in [0.1, 0.15) is 5.75 Å². The normalized spacial score (nSPS) is 13.4. The summed E-state index contributed by atoms with van der Waals surface area (Å²) in [5, 5.41) is 20.4. The van der Waals surface area contributed by atoms with E-state index in [2.05, 4.69) is 15.7 Å². The van der Waals surface area contributed by atoms with Crippen LogP contribution in [0.25, 0.3) is 11.0 Å². The van der Waals surface area contributed by atoms with Crippen molar-refractivity contribution in [1.82, 2.24) is 25.4 Å². The van der Waals surface area contributed by atoms with E-state index in [1.54, 1.807) is 16.8 Å². The van der Waals surface area contributed by atoms with Gasteiger partial charge >= 0.3 is 0 Å². The molecule has 0 atom stereocenters. The quantitative estimate of drug-likeness (QED) is 0.521. The Labute approximate surface area is 174 Å². The van der Waals surface area contributed by atoms with Gasteiger partial charge in [0.2, 0.25) is 0 Å². The van der Waals surface area contributed by atoms with E-state index >= 15 is 0 Å². The molecule has 156 valence electrons. The summed E-state index contributed by atoms with van der Waals surface area (Å²) in [7, 11) is 1.84. The highest BCUT2D eigenvalue weighted by atomic mass is 16.3. The molecule has 0 saturated heterocycles. The lowest BCUT2D eigenvalue weighted by Gasteiger charge is -2.10. The Morgan fingerprint density at radius 1 is 1.17 bits per heavy atom. The van der Waals surface area contributed by atoms with Crippen molar-refractivity contribution in [2.45, 2.75) is 32.1 Å². The third-order valence-electron chi connectivity index (χ3n) is 5.26. The molecule has 8 heteroatoms. The summed E-state index contributed by atoms with van der Waals surface area (Å²) in [6, 6.07) is 8.09. The molecule has 1 aromatic carbocycles. The second-order valence-corrected chi connectivity index (χ2v) is 7.69. The second kappa shape index (κ2) is 8.14. The lowest BCUT2D eigenvalue weighted by Crippen LogP contribution is -2.30. The largest absolute Gasteiger partial charge is 0.508 e. The molecular formula is C22H25N5O3. The van der Waals surface area contributed by atoms with E-state index in [1.165, 1.54) is 12.1 Å². The van der Waals surface area contributed by atoms with Gasteiger partial charge in [-0.2, -0.15) is 5.10 Å². The van der Waals surface area contributed by atoms with E-state index in [0.29, 0.717) is 36.6 Å². The first-order valence-corrected chi connectivity index (χ1v) is 10.1. The van der Waals surface area contributed by atoms with Crippen LogP contribution in [0.4, 0.5) is 0 Å². The molecule has 30 heavy (non-hydrogen) atoms. The Bertz CT molecular complexity index is 1120. The number of rotatable bonds is 7. The summed E-state index contributed by atoms with van der Waals surface area (Å²) in [5.74, 6) is 0.0754. The Balaban J connectivity index is 1.36. The molecular weight excluding hydrogens is 382 g/mol. The fourth-order valence-electron chi connectivity index (χ4n) is 3.57. The van der Waals surface area contributed by atoms with Gasteiger partial charge in [-0.1, -0.05) is 6.07 Å². The zero-order chi connectivity index (χ0) is 21.3. The predicted molar refractivity (Wildman–Crippen MR) is 113 cm³/mol. The van der Waals surface area contributed by atoms with Crippen molar-refractivity contribution in [3.8, 4) is 5.75 Å². The van der Waals surface area contributed by atoms with Gasteiger partial charge in [-0.3, -0.25) is 14.3 Å². The minimum absolute atomic E-state index is 0.0508. The van der Waals surface area contributed by atoms with Crippen molar-refractivity contribution < 1.29 is 14.7 Å². The van der Waals surface area contributed by atoms with E-state index in [1.807, 2.05) is 20.0 Å². The van der Waals surface area contributed by atoms with Gasteiger partial charge in [-0.05, 0) is 50.5 Å². The fraction of sp³-hybridized carbons (Fsp3) is 0.364. The number of fused-ring (bicyclic) bond motifs is 1. The number of hydrogen-bond donors (Lipinski definition) is 3. The number of benzene rings is 1. The van der Waals surface area contributed by atoms with Gasteiger partial charge in [-0.25, -0.2) is 4.98 Å². The number of nitrogens with zero attached hydrogens (tertiary/aromatic N) is 3. The molecule has 3 aromatic rings. The van der Waals surface area contributed by atoms with Crippen LogP contribution in [0.2, 0.25) is 0 Å². The zero-order valence-corrected chi connectivity index (χ0v) is 17.1. The van der Waals surface area contributed by atoms with E-state index in [9.17, 15) is 14.7 Å². The molecule has 0 aliphatic heterocycles. The smallest absolute Gasteiger partial charge is 0.252 e. The minimum atomic E-state index is -0.256. The minimum Gasteiger partial charge on any atom is -0.508 e. The van der Waals surface area contributed by atoms with Gasteiger partial charge in [0.15, 0.2) is 5.65 Å². The third kappa shape index (κ3) is 4.12. The predicted octanol–water partition coefficient (Wildman–Crippen LogP) is 2.41. The van der Waals surface area contributed by atoms with Crippen LogP contribution in [0.1, 0.15) is 57.3 Å². The van der Waals surface area contributed by atoms with Crippen LogP contribution in [0.15, 0.2) is 30.3 Å². The van der Waals surface area contributed by atoms with Crippen molar-refractivity contribution in [1.29, 1.82) is 0 Å². The monoisotopic (exact) mass is 407 g/mol. The number of hydrogen-bond acceptors (Lipinski definition) is 5. The lowest BCUT2D eigenvalue weighted by atomic mass is 10.1. The number of amides is 2. The number of phenolic OH excluding ortho intramolecular Hbond substituents is 1. The molecule has 4 rings (SSSR count). The van der Waals surface area contributed by atoms with Gasteiger partial charge in [0, 0.05) is 37.3 Å². The Morgan fingerprint density at radius 2 is 1.90 bits per heavy atom. The second-order valence-electron chi connectivity index (χ2n) is 7.69. The van der Waals surface area contributed by atoms with Crippen LogP contribution >= 0.6 is 0 Å². The molecule has 8 nitrogen and oxygen atoms in total. The molecule has 1 fully saturated rings. The summed E-state index contributed by atoms with van der Waals surface area (Å²) in [6.45, 7) is 2.73. The average Bonchev–Trinajstić information content (AvgIpc) is 3.53. The molecule has 1 aliphatic rings. The summed E-state index contributed by atoms with van der Waals surface area (Å²) in [5.41, 5.74) is 3.48. The molecule has 0 unspecified atom stereocenters. The number of carbonyl (C=O) groups excluding carboxylic acids is 2. The molecule has 2 amide bonds. The Hall–Kier alpha value is -3.42. The van der Waals surface area contributed by atoms with E-state index in [4.69, 9.17) is 4.98 Å². The molecule has 2 aromatic heterocycles. The van der Waals surface area contributed by atoms with Gasteiger partial charge < -0.3 is 15.7 Å². The van der Waals surface area contributed by atoms with E-state index in [-0.39, 0.29) is 17.6 Å². The number of carbonyl (C=O) groups is 2. The Morgan fingerprint density at radius 3 is 2.60 bits per heavy atom. The number of nitrogens with one attached hydrogen (secondary N) is 2. The van der Waals surface area contributed by atoms with Crippen LogP contribution in [0.3, 0.4) is 0 Å². The van der Waals surface area contributed by atoms with Crippen molar-refractivity contribution in [2.24, 2.45) is 7.05 Å². The van der Waals surface area contributed by atoms with Gasteiger partial charge in [0.05, 0.1) is 16.6 Å². The molecule has 1 saturated carbocycles. The fourth-order valence-corrected chi connectivity index (χ4v) is 3.57. The number of phenols is 1. The number of aryl methyl sites for hydroxylation is 2. The maximum absolute atomic E-state index is 12.9. The highest BCUT2D eigenvalue weighted by Gasteiger charge is 2.28. The van der Waals surface area contributed by atoms with Crippen molar-refractivity contribution in [2.75, 3.05) is 13.1 Å². The highest BCUT2D eigenvalue weighted by molar-refractivity contribution is 6.06. The highest BCUT2D eigenvalue weighted by Crippen LogP contribution is 2.40. The summed E-state index contributed by atoms with van der Waals surface area (Å²) >= 11 is 0. The molecule has 0 bridgehead atoms. The first kappa shape index (κ1) is 19.9.